The van der Waals surface area contributed by atoms with Crippen LogP contribution in [0.25, 0.3) is 0 Å². The Morgan fingerprint density at radius 2 is 2.11 bits per heavy atom. The molecule has 0 atom stereocenters. The van der Waals surface area contributed by atoms with Gasteiger partial charge in [-0.15, -0.1) is 0 Å². The van der Waals surface area contributed by atoms with Crippen molar-refractivity contribution in [1.29, 1.82) is 0 Å². The summed E-state index contributed by atoms with van der Waals surface area (Å²) in [4.78, 5) is 0. The highest BCUT2D eigenvalue weighted by Gasteiger charge is 2.11. The maximum Gasteiger partial charge on any atom is 0.0481 e. The van der Waals surface area contributed by atoms with Gasteiger partial charge in [-0.05, 0) is 19.1 Å². The molecule has 0 amide bonds. The first kappa shape index (κ1) is 7.38. The zero-order valence-corrected chi connectivity index (χ0v) is 6.54. The molecule has 0 aromatic carbocycles. The van der Waals surface area contributed by atoms with E-state index in [0.717, 1.165) is 13.2 Å². The fourth-order valence-electron chi connectivity index (χ4n) is 0.982. The molecule has 1 aliphatic heterocycles. The third-order valence-corrected chi connectivity index (χ3v) is 2.07. The van der Waals surface area contributed by atoms with Gasteiger partial charge < -0.3 is 4.74 Å². The lowest BCUT2D eigenvalue weighted by atomic mass is 10.1. The topological polar surface area (TPSA) is 21.3 Å². The van der Waals surface area contributed by atoms with Gasteiger partial charge in [0.15, 0.2) is 0 Å². The second kappa shape index (κ2) is 4.14. The zero-order valence-electron chi connectivity index (χ0n) is 5.72. The average Bonchev–Trinajstić information content (AvgIpc) is 1.91. The molecule has 1 fully saturated rings. The first-order chi connectivity index (χ1) is 4.43. The van der Waals surface area contributed by atoms with Crippen molar-refractivity contribution in [1.82, 2.24) is 4.72 Å². The highest BCUT2D eigenvalue weighted by molar-refractivity contribution is 7.96. The van der Waals surface area contributed by atoms with E-state index in [4.69, 9.17) is 4.74 Å². The standard InChI is InChI=1S/C6H13NOS/c1-9-7-6-2-4-8-5-3-6/h6-7H,2-5H2,1H3. The molecule has 0 aromatic heterocycles. The van der Waals surface area contributed by atoms with Crippen molar-refractivity contribution in [3.8, 4) is 0 Å². The van der Waals surface area contributed by atoms with E-state index < -0.39 is 0 Å². The molecule has 2 nitrogen and oxygen atoms in total. The van der Waals surface area contributed by atoms with E-state index in [9.17, 15) is 0 Å². The molecule has 9 heavy (non-hydrogen) atoms. The lowest BCUT2D eigenvalue weighted by Gasteiger charge is -2.21. The molecule has 0 radical (unpaired) electrons. The SMILES string of the molecule is CSNC1CCOCC1. The molecule has 0 bridgehead atoms. The van der Waals surface area contributed by atoms with E-state index in [0.29, 0.717) is 6.04 Å². The van der Waals surface area contributed by atoms with Gasteiger partial charge in [0.2, 0.25) is 0 Å². The van der Waals surface area contributed by atoms with Crippen molar-refractivity contribution >= 4 is 11.9 Å². The van der Waals surface area contributed by atoms with Crippen LogP contribution in [-0.2, 0) is 4.74 Å². The third kappa shape index (κ3) is 2.56. The van der Waals surface area contributed by atoms with Gasteiger partial charge >= 0.3 is 0 Å². The van der Waals surface area contributed by atoms with Crippen LogP contribution in [0.3, 0.4) is 0 Å². The molecule has 0 unspecified atom stereocenters. The van der Waals surface area contributed by atoms with E-state index in [1.807, 2.05) is 0 Å². The molecule has 0 aliphatic carbocycles. The Labute approximate surface area is 60.5 Å². The lowest BCUT2D eigenvalue weighted by Crippen LogP contribution is -2.30. The van der Waals surface area contributed by atoms with Crippen LogP contribution >= 0.6 is 11.9 Å². The molecular formula is C6H13NOS. The minimum Gasteiger partial charge on any atom is -0.381 e. The number of hydrogen-bond acceptors (Lipinski definition) is 3. The van der Waals surface area contributed by atoms with Gasteiger partial charge in [0.25, 0.3) is 0 Å². The lowest BCUT2D eigenvalue weighted by molar-refractivity contribution is 0.0838. The van der Waals surface area contributed by atoms with Crippen LogP contribution < -0.4 is 4.72 Å². The van der Waals surface area contributed by atoms with Crippen molar-refractivity contribution < 1.29 is 4.74 Å². The fraction of sp³-hybridized carbons (Fsp3) is 1.00. The number of nitrogens with one attached hydrogen (secondary N) is 1. The van der Waals surface area contributed by atoms with Crippen molar-refractivity contribution in [3.05, 3.63) is 0 Å². The van der Waals surface area contributed by atoms with Crippen LogP contribution in [0.1, 0.15) is 12.8 Å². The Bertz CT molecular complexity index is 70.7. The molecular weight excluding hydrogens is 134 g/mol. The predicted octanol–water partition coefficient (Wildman–Crippen LogP) is 1.03. The van der Waals surface area contributed by atoms with Gasteiger partial charge in [-0.2, -0.15) is 0 Å². The largest absolute Gasteiger partial charge is 0.381 e. The summed E-state index contributed by atoms with van der Waals surface area (Å²) in [6.45, 7) is 1.86. The molecule has 54 valence electrons. The van der Waals surface area contributed by atoms with Crippen LogP contribution in [0.15, 0.2) is 0 Å². The Kier molecular flexibility index (Phi) is 3.40. The van der Waals surface area contributed by atoms with E-state index in [1.165, 1.54) is 12.8 Å². The maximum absolute atomic E-state index is 5.20. The first-order valence-corrected chi connectivity index (χ1v) is 4.52. The molecule has 1 rings (SSSR count). The molecule has 1 N–H and O–H groups in total. The zero-order chi connectivity index (χ0) is 6.53. The number of rotatable bonds is 2. The molecule has 1 heterocycles. The number of ether oxygens (including phenoxy) is 1. The van der Waals surface area contributed by atoms with Gasteiger partial charge in [-0.25, -0.2) is 0 Å². The van der Waals surface area contributed by atoms with Crippen LogP contribution in [0.5, 0.6) is 0 Å². The Hall–Kier alpha value is 0.270. The maximum atomic E-state index is 5.20. The molecule has 1 saturated heterocycles. The summed E-state index contributed by atoms with van der Waals surface area (Å²) in [6, 6.07) is 0.689. The van der Waals surface area contributed by atoms with E-state index in [2.05, 4.69) is 11.0 Å². The fourth-order valence-corrected chi connectivity index (χ4v) is 1.55. The first-order valence-electron chi connectivity index (χ1n) is 3.29. The van der Waals surface area contributed by atoms with Crippen molar-refractivity contribution in [2.24, 2.45) is 0 Å². The van der Waals surface area contributed by atoms with Crippen LogP contribution in [-0.4, -0.2) is 25.5 Å². The van der Waals surface area contributed by atoms with Gasteiger partial charge in [-0.1, -0.05) is 11.9 Å². The molecule has 0 saturated carbocycles. The summed E-state index contributed by atoms with van der Waals surface area (Å²) in [5.74, 6) is 0. The quantitative estimate of drug-likeness (QED) is 0.589. The highest BCUT2D eigenvalue weighted by Crippen LogP contribution is 2.07. The minimum atomic E-state index is 0.689. The highest BCUT2D eigenvalue weighted by atomic mass is 32.2. The van der Waals surface area contributed by atoms with E-state index >= 15 is 0 Å². The predicted molar refractivity (Wildman–Crippen MR) is 40.5 cm³/mol. The van der Waals surface area contributed by atoms with Crippen molar-refractivity contribution in [3.63, 3.8) is 0 Å². The van der Waals surface area contributed by atoms with E-state index in [1.54, 1.807) is 11.9 Å². The summed E-state index contributed by atoms with van der Waals surface area (Å²) >= 11 is 1.70. The van der Waals surface area contributed by atoms with Crippen molar-refractivity contribution in [2.75, 3.05) is 19.5 Å². The minimum absolute atomic E-state index is 0.689. The molecule has 0 aromatic rings. The smallest absolute Gasteiger partial charge is 0.0481 e. The van der Waals surface area contributed by atoms with Gasteiger partial charge in [0.1, 0.15) is 0 Å². The Morgan fingerprint density at radius 1 is 1.44 bits per heavy atom. The second-order valence-corrected chi connectivity index (χ2v) is 2.85. The summed E-state index contributed by atoms with van der Waals surface area (Å²) in [5.41, 5.74) is 0. The van der Waals surface area contributed by atoms with Gasteiger partial charge in [-0.3, -0.25) is 4.72 Å². The second-order valence-electron chi connectivity index (χ2n) is 2.21. The monoisotopic (exact) mass is 147 g/mol. The van der Waals surface area contributed by atoms with Crippen LogP contribution in [0, 0.1) is 0 Å². The number of hydrogen-bond donors (Lipinski definition) is 1. The average molecular weight is 147 g/mol. The van der Waals surface area contributed by atoms with Crippen LogP contribution in [0.2, 0.25) is 0 Å². The Morgan fingerprint density at radius 3 is 2.67 bits per heavy atom. The van der Waals surface area contributed by atoms with E-state index in [-0.39, 0.29) is 0 Å². The summed E-state index contributed by atoms with van der Waals surface area (Å²) < 4.78 is 8.52. The summed E-state index contributed by atoms with van der Waals surface area (Å²) in [5, 5.41) is 0. The normalized spacial score (nSPS) is 22.3. The van der Waals surface area contributed by atoms with Gasteiger partial charge in [0.05, 0.1) is 0 Å². The molecule has 3 heteroatoms. The van der Waals surface area contributed by atoms with Crippen LogP contribution in [0.4, 0.5) is 0 Å². The van der Waals surface area contributed by atoms with Crippen molar-refractivity contribution in [2.45, 2.75) is 18.9 Å². The Balaban J connectivity index is 2.08. The molecule has 1 aliphatic rings. The molecule has 0 spiro atoms. The third-order valence-electron chi connectivity index (χ3n) is 1.51. The summed E-state index contributed by atoms with van der Waals surface area (Å²) in [7, 11) is 0. The summed E-state index contributed by atoms with van der Waals surface area (Å²) in [6.07, 6.45) is 4.40. The van der Waals surface area contributed by atoms with Gasteiger partial charge in [0, 0.05) is 19.3 Å².